The molecule has 0 radical (unpaired) electrons. The van der Waals surface area contributed by atoms with Gasteiger partial charge in [0.1, 0.15) is 0 Å². The fraction of sp³-hybridized carbons (Fsp3) is 1.00. The summed E-state index contributed by atoms with van der Waals surface area (Å²) in [7, 11) is -3.35. The van der Waals surface area contributed by atoms with E-state index in [1.54, 1.807) is 8.61 Å². The van der Waals surface area contributed by atoms with E-state index in [2.05, 4.69) is 4.90 Å². The highest BCUT2D eigenvalue weighted by Crippen LogP contribution is 2.29. The Morgan fingerprint density at radius 3 is 2.48 bits per heavy atom. The van der Waals surface area contributed by atoms with E-state index in [1.165, 1.54) is 6.42 Å². The molecule has 3 heterocycles. The molecule has 3 aliphatic rings. The molecule has 3 rings (SSSR count). The van der Waals surface area contributed by atoms with Crippen LogP contribution in [0.15, 0.2) is 0 Å². The molecule has 3 saturated heterocycles. The van der Waals surface area contributed by atoms with Crippen LogP contribution in [0.25, 0.3) is 0 Å². The third-order valence-corrected chi connectivity index (χ3v) is 7.45. The van der Waals surface area contributed by atoms with Gasteiger partial charge in [0.05, 0.1) is 0 Å². The zero-order valence-corrected chi connectivity index (χ0v) is 13.6. The Balaban J connectivity index is 1.69. The lowest BCUT2D eigenvalue weighted by Gasteiger charge is -2.44. The van der Waals surface area contributed by atoms with E-state index in [0.717, 1.165) is 32.4 Å². The van der Waals surface area contributed by atoms with Crippen LogP contribution in [-0.4, -0.2) is 78.4 Å². The number of aliphatic hydroxyl groups excluding tert-OH is 1. The molecule has 21 heavy (non-hydrogen) atoms. The van der Waals surface area contributed by atoms with Crippen LogP contribution < -0.4 is 0 Å². The number of piperazine rings is 1. The van der Waals surface area contributed by atoms with Crippen molar-refractivity contribution in [2.75, 3.05) is 39.3 Å². The molecule has 2 atom stereocenters. The highest BCUT2D eigenvalue weighted by atomic mass is 32.2. The van der Waals surface area contributed by atoms with Crippen molar-refractivity contribution in [2.45, 2.75) is 44.7 Å². The van der Waals surface area contributed by atoms with Crippen LogP contribution in [0.5, 0.6) is 0 Å². The fourth-order valence-corrected chi connectivity index (χ4v) is 5.80. The minimum absolute atomic E-state index is 0.0555. The van der Waals surface area contributed by atoms with Gasteiger partial charge in [-0.05, 0) is 45.1 Å². The predicted octanol–water partition coefficient (Wildman–Crippen LogP) is 0.104. The van der Waals surface area contributed by atoms with Crippen LogP contribution in [0.4, 0.5) is 0 Å². The van der Waals surface area contributed by atoms with E-state index in [1.807, 2.05) is 6.92 Å². The van der Waals surface area contributed by atoms with Crippen molar-refractivity contribution in [3.05, 3.63) is 0 Å². The Kier molecular flexibility index (Phi) is 4.57. The van der Waals surface area contributed by atoms with Gasteiger partial charge in [-0.15, -0.1) is 0 Å². The molecule has 0 aromatic rings. The molecule has 0 amide bonds. The average molecular weight is 317 g/mol. The molecule has 6 nitrogen and oxygen atoms in total. The zero-order valence-electron chi connectivity index (χ0n) is 12.8. The summed E-state index contributed by atoms with van der Waals surface area (Å²) in [5.74, 6) is 0.264. The predicted molar refractivity (Wildman–Crippen MR) is 81.1 cm³/mol. The maximum absolute atomic E-state index is 12.9. The molecule has 0 spiro atoms. The van der Waals surface area contributed by atoms with E-state index in [-0.39, 0.29) is 18.6 Å². The van der Waals surface area contributed by atoms with Crippen molar-refractivity contribution in [1.29, 1.82) is 0 Å². The van der Waals surface area contributed by atoms with Crippen LogP contribution in [0.2, 0.25) is 0 Å². The molecule has 0 aromatic heterocycles. The Hall–Kier alpha value is -0.210. The topological polar surface area (TPSA) is 64.1 Å². The number of fused-ring (bicyclic) bond motifs is 1. The Bertz CT molecular complexity index is 462. The first-order valence-electron chi connectivity index (χ1n) is 8.14. The van der Waals surface area contributed by atoms with E-state index < -0.39 is 10.2 Å². The fourth-order valence-electron chi connectivity index (χ4n) is 3.95. The summed E-state index contributed by atoms with van der Waals surface area (Å²) in [6.07, 6.45) is 3.85. The minimum Gasteiger partial charge on any atom is -0.396 e. The van der Waals surface area contributed by atoms with Gasteiger partial charge < -0.3 is 5.11 Å². The van der Waals surface area contributed by atoms with Crippen LogP contribution in [0.3, 0.4) is 0 Å². The van der Waals surface area contributed by atoms with Crippen LogP contribution in [-0.2, 0) is 10.2 Å². The van der Waals surface area contributed by atoms with E-state index >= 15 is 0 Å². The quantitative estimate of drug-likeness (QED) is 0.802. The Labute approximate surface area is 127 Å². The van der Waals surface area contributed by atoms with E-state index in [4.69, 9.17) is 0 Å². The van der Waals surface area contributed by atoms with Crippen molar-refractivity contribution in [3.8, 4) is 0 Å². The minimum atomic E-state index is -3.35. The van der Waals surface area contributed by atoms with Crippen LogP contribution >= 0.6 is 0 Å². The van der Waals surface area contributed by atoms with Crippen LogP contribution in [0.1, 0.15) is 32.6 Å². The zero-order chi connectivity index (χ0) is 15.0. The third-order valence-electron chi connectivity index (χ3n) is 5.33. The van der Waals surface area contributed by atoms with Gasteiger partial charge in [-0.1, -0.05) is 0 Å². The number of piperidine rings is 1. The molecule has 1 N–H and O–H groups in total. The summed E-state index contributed by atoms with van der Waals surface area (Å²) in [5.41, 5.74) is 0. The second-order valence-corrected chi connectivity index (χ2v) is 8.62. The number of nitrogens with zero attached hydrogens (tertiary/aromatic N) is 3. The summed E-state index contributed by atoms with van der Waals surface area (Å²) < 4.78 is 29.2. The molecule has 3 fully saturated rings. The second-order valence-electron chi connectivity index (χ2n) is 6.74. The van der Waals surface area contributed by atoms with Crippen molar-refractivity contribution >= 4 is 10.2 Å². The van der Waals surface area contributed by atoms with Crippen molar-refractivity contribution < 1.29 is 13.5 Å². The highest BCUT2D eigenvalue weighted by Gasteiger charge is 2.42. The summed E-state index contributed by atoms with van der Waals surface area (Å²) >= 11 is 0. The lowest BCUT2D eigenvalue weighted by atomic mass is 10.00. The van der Waals surface area contributed by atoms with E-state index in [9.17, 15) is 13.5 Å². The normalized spacial score (nSPS) is 34.2. The van der Waals surface area contributed by atoms with Gasteiger partial charge in [-0.3, -0.25) is 4.90 Å². The van der Waals surface area contributed by atoms with Gasteiger partial charge in [-0.25, -0.2) is 0 Å². The summed E-state index contributed by atoms with van der Waals surface area (Å²) in [4.78, 5) is 2.44. The first-order valence-corrected chi connectivity index (χ1v) is 9.54. The van der Waals surface area contributed by atoms with Crippen molar-refractivity contribution in [1.82, 2.24) is 13.5 Å². The van der Waals surface area contributed by atoms with Gasteiger partial charge in [0.15, 0.2) is 0 Å². The van der Waals surface area contributed by atoms with Gasteiger partial charge in [-0.2, -0.15) is 17.0 Å². The third kappa shape index (κ3) is 2.99. The number of hydrogen-bond donors (Lipinski definition) is 1. The number of rotatable bonds is 3. The molecular formula is C14H27N3O3S. The van der Waals surface area contributed by atoms with Crippen LogP contribution in [0, 0.1) is 5.92 Å². The molecule has 0 saturated carbocycles. The standard InChI is InChI=1S/C14H27N3O3S/c1-12-9-15-6-2-3-14(15)10-17(12)21(19,20)16-7-4-13(11-18)5-8-16/h12-14,18H,2-11H2,1H3. The van der Waals surface area contributed by atoms with Gasteiger partial charge >= 0.3 is 0 Å². The largest absolute Gasteiger partial charge is 0.396 e. The second kappa shape index (κ2) is 6.12. The Morgan fingerprint density at radius 1 is 1.10 bits per heavy atom. The van der Waals surface area contributed by atoms with E-state index in [0.29, 0.717) is 25.7 Å². The lowest BCUT2D eigenvalue weighted by Crippen LogP contribution is -2.60. The maximum Gasteiger partial charge on any atom is 0.282 e. The molecule has 0 bridgehead atoms. The molecule has 2 unspecified atom stereocenters. The lowest BCUT2D eigenvalue weighted by molar-refractivity contribution is 0.106. The van der Waals surface area contributed by atoms with Gasteiger partial charge in [0.25, 0.3) is 10.2 Å². The summed E-state index contributed by atoms with van der Waals surface area (Å²) in [5, 5.41) is 9.19. The van der Waals surface area contributed by atoms with Crippen molar-refractivity contribution in [2.24, 2.45) is 5.92 Å². The summed E-state index contributed by atoms with van der Waals surface area (Å²) in [6.45, 7) is 5.90. The molecule has 122 valence electrons. The van der Waals surface area contributed by atoms with Crippen molar-refractivity contribution in [3.63, 3.8) is 0 Å². The highest BCUT2D eigenvalue weighted by molar-refractivity contribution is 7.86. The number of hydrogen-bond acceptors (Lipinski definition) is 4. The number of aliphatic hydroxyl groups is 1. The molecular weight excluding hydrogens is 290 g/mol. The first-order chi connectivity index (χ1) is 10.0. The molecule has 0 aliphatic carbocycles. The van der Waals surface area contributed by atoms with Gasteiger partial charge in [0.2, 0.25) is 0 Å². The molecule has 0 aromatic carbocycles. The first kappa shape index (κ1) is 15.7. The summed E-state index contributed by atoms with van der Waals surface area (Å²) in [6, 6.07) is 0.464. The smallest absolute Gasteiger partial charge is 0.282 e. The SMILES string of the molecule is CC1CN2CCCC2CN1S(=O)(=O)N1CCC(CO)CC1. The molecule has 3 aliphatic heterocycles. The monoisotopic (exact) mass is 317 g/mol. The van der Waals surface area contributed by atoms with Gasteiger partial charge in [0, 0.05) is 44.9 Å². The maximum atomic E-state index is 12.9. The Morgan fingerprint density at radius 2 is 1.81 bits per heavy atom. The molecule has 7 heteroatoms. The average Bonchev–Trinajstić information content (AvgIpc) is 2.93.